The van der Waals surface area contributed by atoms with Gasteiger partial charge < -0.3 is 14.7 Å². The van der Waals surface area contributed by atoms with E-state index in [2.05, 4.69) is 21.9 Å². The molecule has 1 saturated heterocycles. The first-order chi connectivity index (χ1) is 9.76. The summed E-state index contributed by atoms with van der Waals surface area (Å²) in [4.78, 5) is 4.97. The van der Waals surface area contributed by atoms with E-state index in [4.69, 9.17) is 4.74 Å². The Morgan fingerprint density at radius 1 is 1.15 bits per heavy atom. The van der Waals surface area contributed by atoms with Crippen LogP contribution in [0.5, 0.6) is 5.75 Å². The van der Waals surface area contributed by atoms with Crippen molar-refractivity contribution in [1.82, 2.24) is 4.90 Å². The number of hydrogen-bond donors (Lipinski definition) is 1. The lowest BCUT2D eigenvalue weighted by Crippen LogP contribution is -2.49. The van der Waals surface area contributed by atoms with E-state index in [9.17, 15) is 5.11 Å². The highest BCUT2D eigenvalue weighted by atomic mass is 16.5. The molecule has 0 aromatic heterocycles. The summed E-state index contributed by atoms with van der Waals surface area (Å²) in [5, 5.41) is 9.67. The maximum absolute atomic E-state index is 9.67. The molecule has 0 amide bonds. The summed E-state index contributed by atoms with van der Waals surface area (Å²) in [6.07, 6.45) is 3.01. The molecule has 110 valence electrons. The fourth-order valence-corrected chi connectivity index (χ4v) is 3.42. The molecule has 3 rings (SSSR count). The third-order valence-electron chi connectivity index (χ3n) is 4.63. The first kappa shape index (κ1) is 13.7. The Balaban J connectivity index is 1.58. The highest BCUT2D eigenvalue weighted by molar-refractivity contribution is 5.51. The number of hydrogen-bond acceptors (Lipinski definition) is 4. The first-order valence-corrected chi connectivity index (χ1v) is 7.57. The number of methoxy groups -OCH3 is 1. The van der Waals surface area contributed by atoms with Gasteiger partial charge in [0.05, 0.1) is 13.2 Å². The van der Waals surface area contributed by atoms with Gasteiger partial charge in [-0.25, -0.2) is 0 Å². The van der Waals surface area contributed by atoms with Gasteiger partial charge in [-0.1, -0.05) is 6.07 Å². The van der Waals surface area contributed by atoms with Crippen molar-refractivity contribution >= 4 is 5.69 Å². The molecule has 1 heterocycles. The Kier molecular flexibility index (Phi) is 4.13. The fraction of sp³-hybridized carbons (Fsp3) is 0.625. The van der Waals surface area contributed by atoms with E-state index in [0.29, 0.717) is 6.04 Å². The van der Waals surface area contributed by atoms with E-state index < -0.39 is 0 Å². The number of nitrogens with zero attached hydrogens (tertiary/aromatic N) is 2. The molecule has 1 aromatic rings. The van der Waals surface area contributed by atoms with Crippen LogP contribution in [0.2, 0.25) is 0 Å². The van der Waals surface area contributed by atoms with Gasteiger partial charge in [0.2, 0.25) is 0 Å². The molecule has 0 bridgehead atoms. The summed E-state index contributed by atoms with van der Waals surface area (Å²) >= 11 is 0. The number of aliphatic hydroxyl groups excluding tert-OH is 1. The lowest BCUT2D eigenvalue weighted by atomic mass is 10.1. The second-order valence-corrected chi connectivity index (χ2v) is 5.85. The largest absolute Gasteiger partial charge is 0.497 e. The van der Waals surface area contributed by atoms with Crippen molar-refractivity contribution in [2.24, 2.45) is 0 Å². The van der Waals surface area contributed by atoms with Crippen molar-refractivity contribution in [3.63, 3.8) is 0 Å². The molecular formula is C16H24N2O2. The molecule has 2 unspecified atom stereocenters. The summed E-state index contributed by atoms with van der Waals surface area (Å²) in [6.45, 7) is 4.29. The Morgan fingerprint density at radius 2 is 1.95 bits per heavy atom. The second kappa shape index (κ2) is 6.02. The lowest BCUT2D eigenvalue weighted by molar-refractivity contribution is 0.146. The van der Waals surface area contributed by atoms with Crippen molar-refractivity contribution in [3.8, 4) is 5.75 Å². The van der Waals surface area contributed by atoms with E-state index in [-0.39, 0.29) is 6.10 Å². The lowest BCUT2D eigenvalue weighted by Gasteiger charge is -2.39. The van der Waals surface area contributed by atoms with Crippen molar-refractivity contribution in [1.29, 1.82) is 0 Å². The SMILES string of the molecule is COc1cccc(N2CCN(C3CCC(O)C3)CC2)c1. The number of piperazine rings is 1. The van der Waals surface area contributed by atoms with Gasteiger partial charge in [-0.3, -0.25) is 4.90 Å². The van der Waals surface area contributed by atoms with Gasteiger partial charge in [-0.05, 0) is 31.4 Å². The molecule has 2 atom stereocenters. The quantitative estimate of drug-likeness (QED) is 0.912. The predicted octanol–water partition coefficient (Wildman–Crippen LogP) is 1.73. The molecule has 20 heavy (non-hydrogen) atoms. The van der Waals surface area contributed by atoms with E-state index in [1.165, 1.54) is 5.69 Å². The number of rotatable bonds is 3. The molecule has 1 aliphatic heterocycles. The van der Waals surface area contributed by atoms with Crippen LogP contribution in [0.3, 0.4) is 0 Å². The van der Waals surface area contributed by atoms with Gasteiger partial charge in [0.1, 0.15) is 5.75 Å². The zero-order valence-corrected chi connectivity index (χ0v) is 12.2. The van der Waals surface area contributed by atoms with Crippen LogP contribution < -0.4 is 9.64 Å². The molecule has 2 aliphatic rings. The molecular weight excluding hydrogens is 252 g/mol. The predicted molar refractivity (Wildman–Crippen MR) is 80.4 cm³/mol. The molecule has 0 spiro atoms. The van der Waals surface area contributed by atoms with E-state index in [1.54, 1.807) is 7.11 Å². The zero-order chi connectivity index (χ0) is 13.9. The molecule has 4 nitrogen and oxygen atoms in total. The minimum Gasteiger partial charge on any atom is -0.497 e. The average molecular weight is 276 g/mol. The van der Waals surface area contributed by atoms with E-state index in [0.717, 1.165) is 51.2 Å². The van der Waals surface area contributed by atoms with Gasteiger partial charge in [0.15, 0.2) is 0 Å². The Bertz CT molecular complexity index is 444. The fourth-order valence-electron chi connectivity index (χ4n) is 3.42. The smallest absolute Gasteiger partial charge is 0.120 e. The van der Waals surface area contributed by atoms with Crippen LogP contribution in [0.15, 0.2) is 24.3 Å². The van der Waals surface area contributed by atoms with Crippen LogP contribution in [0.25, 0.3) is 0 Å². The Labute approximate surface area is 120 Å². The molecule has 1 saturated carbocycles. The number of aliphatic hydroxyl groups is 1. The Hall–Kier alpha value is -1.26. The van der Waals surface area contributed by atoms with Crippen molar-refractivity contribution in [2.45, 2.75) is 31.4 Å². The summed E-state index contributed by atoms with van der Waals surface area (Å²) in [7, 11) is 1.71. The van der Waals surface area contributed by atoms with E-state index in [1.807, 2.05) is 12.1 Å². The molecule has 1 aromatic carbocycles. The topological polar surface area (TPSA) is 35.9 Å². The van der Waals surface area contributed by atoms with Crippen LogP contribution >= 0.6 is 0 Å². The van der Waals surface area contributed by atoms with Crippen molar-refractivity contribution in [2.75, 3.05) is 38.2 Å². The van der Waals surface area contributed by atoms with Crippen molar-refractivity contribution < 1.29 is 9.84 Å². The van der Waals surface area contributed by atoms with Gasteiger partial charge in [-0.15, -0.1) is 0 Å². The van der Waals surface area contributed by atoms with Crippen LogP contribution in [-0.2, 0) is 0 Å². The van der Waals surface area contributed by atoms with Crippen molar-refractivity contribution in [3.05, 3.63) is 24.3 Å². The maximum atomic E-state index is 9.67. The standard InChI is InChI=1S/C16H24N2O2/c1-20-16-4-2-3-13(12-16)17-7-9-18(10-8-17)14-5-6-15(19)11-14/h2-4,12,14-15,19H,5-11H2,1H3. The van der Waals surface area contributed by atoms with Crippen LogP contribution in [0.1, 0.15) is 19.3 Å². The summed E-state index contributed by atoms with van der Waals surface area (Å²) in [5.41, 5.74) is 1.25. The highest BCUT2D eigenvalue weighted by Crippen LogP contribution is 2.27. The summed E-state index contributed by atoms with van der Waals surface area (Å²) < 4.78 is 5.30. The molecule has 2 fully saturated rings. The number of anilines is 1. The maximum Gasteiger partial charge on any atom is 0.120 e. The first-order valence-electron chi connectivity index (χ1n) is 7.57. The molecule has 4 heteroatoms. The zero-order valence-electron chi connectivity index (χ0n) is 12.2. The monoisotopic (exact) mass is 276 g/mol. The van der Waals surface area contributed by atoms with E-state index >= 15 is 0 Å². The minimum atomic E-state index is -0.0728. The number of ether oxygens (including phenoxy) is 1. The van der Waals surface area contributed by atoms with Gasteiger partial charge in [-0.2, -0.15) is 0 Å². The molecule has 1 N–H and O–H groups in total. The minimum absolute atomic E-state index is 0.0728. The van der Waals surface area contributed by atoms with Crippen LogP contribution in [0, 0.1) is 0 Å². The number of benzene rings is 1. The molecule has 0 radical (unpaired) electrons. The average Bonchev–Trinajstić information content (AvgIpc) is 2.94. The van der Waals surface area contributed by atoms with Gasteiger partial charge >= 0.3 is 0 Å². The Morgan fingerprint density at radius 3 is 2.60 bits per heavy atom. The van der Waals surface area contributed by atoms with Gasteiger partial charge in [0.25, 0.3) is 0 Å². The second-order valence-electron chi connectivity index (χ2n) is 5.85. The normalized spacial score (nSPS) is 27.8. The summed E-state index contributed by atoms with van der Waals surface area (Å²) in [5.74, 6) is 0.920. The third kappa shape index (κ3) is 2.91. The summed E-state index contributed by atoms with van der Waals surface area (Å²) in [6, 6.07) is 8.89. The molecule has 1 aliphatic carbocycles. The van der Waals surface area contributed by atoms with Gasteiger partial charge in [0, 0.05) is 44.0 Å². The third-order valence-corrected chi connectivity index (χ3v) is 4.63. The highest BCUT2D eigenvalue weighted by Gasteiger charge is 2.30. The van der Waals surface area contributed by atoms with Crippen LogP contribution in [0.4, 0.5) is 5.69 Å². The van der Waals surface area contributed by atoms with Crippen LogP contribution in [-0.4, -0.2) is 55.4 Å².